The Bertz CT molecular complexity index is 575. The van der Waals surface area contributed by atoms with E-state index in [0.29, 0.717) is 6.42 Å². The van der Waals surface area contributed by atoms with Crippen LogP contribution in [-0.2, 0) is 6.42 Å². The SMILES string of the molecule is COc1ccccc1CC(=O)c1sc(C)cc1Br. The van der Waals surface area contributed by atoms with Crippen molar-refractivity contribution in [2.75, 3.05) is 7.11 Å². The second kappa shape index (κ2) is 5.67. The zero-order valence-corrected chi connectivity index (χ0v) is 12.6. The number of carbonyl (C=O) groups excluding carboxylic acids is 1. The summed E-state index contributed by atoms with van der Waals surface area (Å²) in [7, 11) is 1.62. The van der Waals surface area contributed by atoms with Crippen LogP contribution in [0.1, 0.15) is 20.1 Å². The molecule has 0 N–H and O–H groups in total. The van der Waals surface area contributed by atoms with Crippen molar-refractivity contribution >= 4 is 33.0 Å². The van der Waals surface area contributed by atoms with Crippen molar-refractivity contribution in [2.24, 2.45) is 0 Å². The van der Waals surface area contributed by atoms with Crippen LogP contribution in [0, 0.1) is 6.92 Å². The quantitative estimate of drug-likeness (QED) is 0.786. The van der Waals surface area contributed by atoms with Gasteiger partial charge < -0.3 is 4.74 Å². The van der Waals surface area contributed by atoms with E-state index in [4.69, 9.17) is 4.74 Å². The van der Waals surface area contributed by atoms with Crippen LogP contribution in [-0.4, -0.2) is 12.9 Å². The molecule has 0 unspecified atom stereocenters. The minimum absolute atomic E-state index is 0.115. The Hall–Kier alpha value is -1.13. The van der Waals surface area contributed by atoms with Gasteiger partial charge in [-0.25, -0.2) is 0 Å². The molecule has 0 fully saturated rings. The van der Waals surface area contributed by atoms with E-state index >= 15 is 0 Å². The van der Waals surface area contributed by atoms with E-state index in [2.05, 4.69) is 15.9 Å². The number of aryl methyl sites for hydroxylation is 1. The van der Waals surface area contributed by atoms with Gasteiger partial charge in [0.2, 0.25) is 0 Å². The van der Waals surface area contributed by atoms with Gasteiger partial charge in [-0.1, -0.05) is 18.2 Å². The number of benzene rings is 1. The molecule has 2 nitrogen and oxygen atoms in total. The molecule has 0 atom stereocenters. The number of rotatable bonds is 4. The van der Waals surface area contributed by atoms with Gasteiger partial charge in [0, 0.05) is 21.3 Å². The predicted molar refractivity (Wildman–Crippen MR) is 77.8 cm³/mol. The number of Topliss-reactive ketones (excluding diaryl/α,β-unsaturated/α-hetero) is 1. The molecule has 1 heterocycles. The van der Waals surface area contributed by atoms with Gasteiger partial charge in [0.25, 0.3) is 0 Å². The molecule has 0 spiro atoms. The Labute approximate surface area is 119 Å². The van der Waals surface area contributed by atoms with Crippen molar-refractivity contribution in [3.05, 3.63) is 50.1 Å². The molecule has 1 aromatic carbocycles. The highest BCUT2D eigenvalue weighted by atomic mass is 79.9. The third kappa shape index (κ3) is 2.82. The van der Waals surface area contributed by atoms with Gasteiger partial charge in [0.05, 0.1) is 12.0 Å². The van der Waals surface area contributed by atoms with Gasteiger partial charge in [0.1, 0.15) is 5.75 Å². The maximum Gasteiger partial charge on any atom is 0.178 e. The number of para-hydroxylation sites is 1. The normalized spacial score (nSPS) is 10.4. The van der Waals surface area contributed by atoms with Gasteiger partial charge in [-0.05, 0) is 35.0 Å². The summed E-state index contributed by atoms with van der Waals surface area (Å²) in [4.78, 5) is 14.1. The van der Waals surface area contributed by atoms with E-state index in [0.717, 1.165) is 25.5 Å². The zero-order valence-electron chi connectivity index (χ0n) is 10.2. The first-order valence-electron chi connectivity index (χ1n) is 5.53. The molecule has 18 heavy (non-hydrogen) atoms. The van der Waals surface area contributed by atoms with Crippen LogP contribution in [0.15, 0.2) is 34.8 Å². The average Bonchev–Trinajstić information content (AvgIpc) is 2.69. The highest BCUT2D eigenvalue weighted by Crippen LogP contribution is 2.29. The minimum Gasteiger partial charge on any atom is -0.496 e. The molecule has 0 aliphatic carbocycles. The van der Waals surface area contributed by atoms with Crippen molar-refractivity contribution < 1.29 is 9.53 Å². The van der Waals surface area contributed by atoms with Gasteiger partial charge in [-0.2, -0.15) is 0 Å². The molecule has 4 heteroatoms. The highest BCUT2D eigenvalue weighted by molar-refractivity contribution is 9.10. The van der Waals surface area contributed by atoms with E-state index in [1.165, 1.54) is 11.3 Å². The Balaban J connectivity index is 2.24. The third-order valence-corrected chi connectivity index (χ3v) is 4.59. The molecule has 94 valence electrons. The Morgan fingerprint density at radius 1 is 1.39 bits per heavy atom. The fourth-order valence-corrected chi connectivity index (χ4v) is 3.58. The van der Waals surface area contributed by atoms with Gasteiger partial charge in [0.15, 0.2) is 5.78 Å². The smallest absolute Gasteiger partial charge is 0.178 e. The Morgan fingerprint density at radius 2 is 2.11 bits per heavy atom. The molecule has 1 aromatic heterocycles. The van der Waals surface area contributed by atoms with Crippen LogP contribution in [0.3, 0.4) is 0 Å². The van der Waals surface area contributed by atoms with E-state index in [9.17, 15) is 4.79 Å². The molecular formula is C14H13BrO2S. The fourth-order valence-electron chi connectivity index (χ4n) is 1.78. The molecule has 0 aliphatic heterocycles. The maximum atomic E-state index is 12.2. The molecule has 0 amide bonds. The summed E-state index contributed by atoms with van der Waals surface area (Å²) < 4.78 is 6.14. The lowest BCUT2D eigenvalue weighted by Crippen LogP contribution is -2.03. The summed E-state index contributed by atoms with van der Waals surface area (Å²) >= 11 is 4.94. The van der Waals surface area contributed by atoms with E-state index < -0.39 is 0 Å². The molecule has 0 saturated carbocycles. The van der Waals surface area contributed by atoms with E-state index in [1.807, 2.05) is 37.3 Å². The zero-order chi connectivity index (χ0) is 13.1. The molecule has 0 radical (unpaired) electrons. The number of hydrogen-bond acceptors (Lipinski definition) is 3. The molecule has 2 rings (SSSR count). The first kappa shape index (κ1) is 13.3. The van der Waals surface area contributed by atoms with Crippen LogP contribution in [0.4, 0.5) is 0 Å². The summed E-state index contributed by atoms with van der Waals surface area (Å²) in [5.74, 6) is 0.875. The van der Waals surface area contributed by atoms with E-state index in [-0.39, 0.29) is 5.78 Å². The number of hydrogen-bond donors (Lipinski definition) is 0. The van der Waals surface area contributed by atoms with Gasteiger partial charge in [-0.3, -0.25) is 4.79 Å². The number of ketones is 1. The monoisotopic (exact) mass is 324 g/mol. The number of ether oxygens (including phenoxy) is 1. The third-order valence-electron chi connectivity index (χ3n) is 2.61. The largest absolute Gasteiger partial charge is 0.496 e. The Morgan fingerprint density at radius 3 is 2.72 bits per heavy atom. The first-order valence-corrected chi connectivity index (χ1v) is 7.14. The van der Waals surface area contributed by atoms with Crippen molar-refractivity contribution in [3.8, 4) is 5.75 Å². The standard InChI is InChI=1S/C14H13BrO2S/c1-9-7-11(15)14(18-9)12(16)8-10-5-3-4-6-13(10)17-2/h3-7H,8H2,1-2H3. The molecule has 0 aliphatic rings. The molecule has 0 saturated heterocycles. The topological polar surface area (TPSA) is 26.3 Å². The number of carbonyl (C=O) groups is 1. The summed E-state index contributed by atoms with van der Waals surface area (Å²) in [6, 6.07) is 9.58. The van der Waals surface area contributed by atoms with Crippen molar-refractivity contribution in [1.29, 1.82) is 0 Å². The van der Waals surface area contributed by atoms with Gasteiger partial charge in [-0.15, -0.1) is 11.3 Å². The lowest BCUT2D eigenvalue weighted by Gasteiger charge is -2.06. The van der Waals surface area contributed by atoms with E-state index in [1.54, 1.807) is 7.11 Å². The van der Waals surface area contributed by atoms with Crippen LogP contribution >= 0.6 is 27.3 Å². The van der Waals surface area contributed by atoms with Gasteiger partial charge >= 0.3 is 0 Å². The second-order valence-corrected chi connectivity index (χ2v) is 6.06. The summed E-state index contributed by atoms with van der Waals surface area (Å²) in [5.41, 5.74) is 0.919. The van der Waals surface area contributed by atoms with Crippen LogP contribution < -0.4 is 4.74 Å². The first-order chi connectivity index (χ1) is 8.61. The number of halogens is 1. The molecular weight excluding hydrogens is 312 g/mol. The predicted octanol–water partition coefficient (Wildman–Crippen LogP) is 4.25. The average molecular weight is 325 g/mol. The summed E-state index contributed by atoms with van der Waals surface area (Å²) in [6.45, 7) is 2.00. The fraction of sp³-hybridized carbons (Fsp3) is 0.214. The molecule has 0 bridgehead atoms. The number of methoxy groups -OCH3 is 1. The molecule has 2 aromatic rings. The minimum atomic E-state index is 0.115. The Kier molecular flexibility index (Phi) is 4.19. The van der Waals surface area contributed by atoms with Crippen LogP contribution in [0.5, 0.6) is 5.75 Å². The summed E-state index contributed by atoms with van der Waals surface area (Å²) in [6.07, 6.45) is 0.364. The lowest BCUT2D eigenvalue weighted by atomic mass is 10.1. The van der Waals surface area contributed by atoms with Crippen molar-refractivity contribution in [3.63, 3.8) is 0 Å². The van der Waals surface area contributed by atoms with Crippen molar-refractivity contribution in [2.45, 2.75) is 13.3 Å². The summed E-state index contributed by atoms with van der Waals surface area (Å²) in [5, 5.41) is 0. The maximum absolute atomic E-state index is 12.2. The number of thiophene rings is 1. The van der Waals surface area contributed by atoms with Crippen LogP contribution in [0.2, 0.25) is 0 Å². The second-order valence-electron chi connectivity index (χ2n) is 3.95. The van der Waals surface area contributed by atoms with Crippen LogP contribution in [0.25, 0.3) is 0 Å². The lowest BCUT2D eigenvalue weighted by molar-refractivity contribution is 0.0995. The highest BCUT2D eigenvalue weighted by Gasteiger charge is 2.15. The van der Waals surface area contributed by atoms with Crippen molar-refractivity contribution in [1.82, 2.24) is 0 Å².